The van der Waals surface area contributed by atoms with Crippen molar-refractivity contribution >= 4 is 23.2 Å². The fourth-order valence-corrected chi connectivity index (χ4v) is 6.04. The molecule has 0 bridgehead atoms. The Hall–Kier alpha value is -4.43. The van der Waals surface area contributed by atoms with Gasteiger partial charge in [0.2, 0.25) is 29.1 Å². The van der Waals surface area contributed by atoms with Gasteiger partial charge in [-0.15, -0.1) is 0 Å². The van der Waals surface area contributed by atoms with Crippen LogP contribution < -0.4 is 10.1 Å². The molecule has 7 nitrogen and oxygen atoms in total. The van der Waals surface area contributed by atoms with Gasteiger partial charge in [-0.25, -0.2) is 23.1 Å². The summed E-state index contributed by atoms with van der Waals surface area (Å²) >= 11 is 0. The lowest BCUT2D eigenvalue weighted by molar-refractivity contribution is -0.171. The van der Waals surface area contributed by atoms with Gasteiger partial charge in [0.1, 0.15) is 23.7 Å². The highest BCUT2D eigenvalue weighted by Crippen LogP contribution is 2.41. The van der Waals surface area contributed by atoms with E-state index < -0.39 is 64.9 Å². The van der Waals surface area contributed by atoms with Crippen LogP contribution in [0.15, 0.2) is 35.6 Å². The van der Waals surface area contributed by atoms with Crippen LogP contribution in [0.3, 0.4) is 0 Å². The van der Waals surface area contributed by atoms with Gasteiger partial charge >= 0.3 is 6.18 Å². The van der Waals surface area contributed by atoms with Crippen molar-refractivity contribution in [2.45, 2.75) is 69.9 Å². The highest BCUT2D eigenvalue weighted by atomic mass is 19.4. The first-order chi connectivity index (χ1) is 22.3. The first-order valence-corrected chi connectivity index (χ1v) is 15.0. The van der Waals surface area contributed by atoms with E-state index in [1.54, 1.807) is 0 Å². The fourth-order valence-electron chi connectivity index (χ4n) is 6.04. The normalized spacial score (nSPS) is 17.5. The van der Waals surface area contributed by atoms with Gasteiger partial charge in [-0.2, -0.15) is 22.0 Å². The topological polar surface area (TPSA) is 93.5 Å². The molecule has 0 spiro atoms. The monoisotopic (exact) mass is 668 g/mol. The third kappa shape index (κ3) is 7.60. The average molecular weight is 669 g/mol. The van der Waals surface area contributed by atoms with Gasteiger partial charge in [-0.3, -0.25) is 14.6 Å². The Labute approximate surface area is 263 Å². The van der Waals surface area contributed by atoms with Crippen LogP contribution in [0, 0.1) is 35.0 Å². The molecule has 1 fully saturated rings. The molecular formula is C32H28F8N4O3. The van der Waals surface area contributed by atoms with E-state index in [0.717, 1.165) is 63.4 Å². The highest BCUT2D eigenvalue weighted by Gasteiger charge is 2.40. The highest BCUT2D eigenvalue weighted by molar-refractivity contribution is 6.18. The number of hydrogen-bond acceptors (Lipinski definition) is 6. The summed E-state index contributed by atoms with van der Waals surface area (Å²) in [6, 6.07) is 2.86. The number of ether oxygens (including phenoxy) is 1. The summed E-state index contributed by atoms with van der Waals surface area (Å²) in [6.45, 7) is 0.170. The van der Waals surface area contributed by atoms with Crippen molar-refractivity contribution < 1.29 is 49.4 Å². The number of aliphatic imine (C=N–C) groups is 1. The molecule has 1 amide bonds. The van der Waals surface area contributed by atoms with Gasteiger partial charge in [0.25, 0.3) is 0 Å². The molecule has 0 radical (unpaired) electrons. The number of aromatic nitrogens is 2. The van der Waals surface area contributed by atoms with Crippen LogP contribution >= 0.6 is 0 Å². The number of anilines is 1. The Morgan fingerprint density at radius 2 is 1.51 bits per heavy atom. The summed E-state index contributed by atoms with van der Waals surface area (Å²) in [5.74, 6) is -14.1. The van der Waals surface area contributed by atoms with Crippen molar-refractivity contribution in [1.82, 2.24) is 9.97 Å². The Morgan fingerprint density at radius 3 is 2.15 bits per heavy atom. The van der Waals surface area contributed by atoms with Crippen LogP contribution in [-0.4, -0.2) is 40.1 Å². The summed E-state index contributed by atoms with van der Waals surface area (Å²) < 4.78 is 115. The van der Waals surface area contributed by atoms with Gasteiger partial charge in [0, 0.05) is 30.2 Å². The number of ketones is 1. The summed E-state index contributed by atoms with van der Waals surface area (Å²) in [5.41, 5.74) is 0.129. The number of nitrogens with zero attached hydrogens (tertiary/aromatic N) is 3. The molecule has 250 valence electrons. The van der Waals surface area contributed by atoms with Crippen LogP contribution in [0.2, 0.25) is 0 Å². The molecule has 15 heteroatoms. The van der Waals surface area contributed by atoms with Crippen molar-refractivity contribution in [2.24, 2.45) is 10.9 Å². The number of rotatable bonds is 7. The molecule has 1 aliphatic heterocycles. The lowest BCUT2D eigenvalue weighted by atomic mass is 9.77. The third-order valence-electron chi connectivity index (χ3n) is 8.28. The average Bonchev–Trinajstić information content (AvgIpc) is 3.18. The van der Waals surface area contributed by atoms with E-state index in [4.69, 9.17) is 4.74 Å². The first kappa shape index (κ1) is 33.9. The number of fused-ring (bicyclic) bond motifs is 1. The number of carbonyl (C=O) groups excluding carboxylic acids is 2. The van der Waals surface area contributed by atoms with E-state index in [0.29, 0.717) is 18.2 Å². The number of Topliss-reactive ketones (excluding diaryl/α,β-unsaturated/α-hetero) is 1. The summed E-state index contributed by atoms with van der Waals surface area (Å²) in [7, 11) is 0. The molecule has 2 aliphatic rings. The van der Waals surface area contributed by atoms with Gasteiger partial charge in [0.05, 0.1) is 23.4 Å². The Kier molecular flexibility index (Phi) is 10.2. The lowest BCUT2D eigenvalue weighted by Gasteiger charge is -2.29. The summed E-state index contributed by atoms with van der Waals surface area (Å²) in [4.78, 5) is 37.2. The molecule has 0 saturated heterocycles. The molecule has 1 atom stereocenters. The van der Waals surface area contributed by atoms with Gasteiger partial charge in [0.15, 0.2) is 11.6 Å². The van der Waals surface area contributed by atoms with Gasteiger partial charge in [-0.05, 0) is 37.3 Å². The van der Waals surface area contributed by atoms with Crippen LogP contribution in [-0.2, 0) is 9.59 Å². The van der Waals surface area contributed by atoms with Crippen LogP contribution in [0.4, 0.5) is 40.9 Å². The molecule has 2 heterocycles. The van der Waals surface area contributed by atoms with Crippen LogP contribution in [0.5, 0.6) is 11.5 Å². The van der Waals surface area contributed by atoms with E-state index in [9.17, 15) is 40.3 Å². The smallest absolute Gasteiger partial charge is 0.450 e. The van der Waals surface area contributed by atoms with E-state index >= 15 is 4.39 Å². The number of hydrogen-bond donors (Lipinski definition) is 1. The quantitative estimate of drug-likeness (QED) is 0.156. The zero-order chi connectivity index (χ0) is 33.9. The Balaban J connectivity index is 1.55. The number of halogens is 8. The van der Waals surface area contributed by atoms with Crippen molar-refractivity contribution in [3.05, 3.63) is 76.5 Å². The second kappa shape index (κ2) is 14.1. The van der Waals surface area contributed by atoms with E-state index in [-0.39, 0.29) is 47.1 Å². The molecule has 1 aliphatic carbocycles. The summed E-state index contributed by atoms with van der Waals surface area (Å²) in [5, 5.41) is 2.24. The molecule has 1 aromatic heterocycles. The number of nitrogens with one attached hydrogen (secondary N) is 1. The molecular weight excluding hydrogens is 640 g/mol. The fraction of sp³-hybridized carbons (Fsp3) is 0.406. The van der Waals surface area contributed by atoms with Crippen molar-refractivity contribution in [1.29, 1.82) is 0 Å². The second-order valence-electron chi connectivity index (χ2n) is 11.4. The standard InChI is InChI=1S/C32H28F8N4O3/c33-20-12-17(47-30-26(36)21(34)13-22(35)27(30)37)8-9-19(20)29-25-28(18(10-11-41-29)16-6-4-2-1-3-5-7-16)42-15-43-31(25)44-24(46)14-23(45)32(38,39)40/h8-9,12-13,15-16,18H,1-7,10-11,14H2,(H,42,43,44,46). The predicted octanol–water partition coefficient (Wildman–Crippen LogP) is 8.11. The molecule has 47 heavy (non-hydrogen) atoms. The van der Waals surface area contributed by atoms with E-state index in [2.05, 4.69) is 20.3 Å². The maximum Gasteiger partial charge on any atom is 0.450 e. The molecule has 3 aromatic rings. The molecule has 1 N–H and O–H groups in total. The van der Waals surface area contributed by atoms with Crippen molar-refractivity contribution in [2.75, 3.05) is 11.9 Å². The molecule has 1 unspecified atom stereocenters. The first-order valence-electron chi connectivity index (χ1n) is 15.0. The second-order valence-corrected chi connectivity index (χ2v) is 11.4. The van der Waals surface area contributed by atoms with Crippen molar-refractivity contribution in [3.8, 4) is 11.5 Å². The van der Waals surface area contributed by atoms with E-state index in [1.165, 1.54) is 0 Å². The number of alkyl halides is 3. The zero-order valence-electron chi connectivity index (χ0n) is 24.7. The minimum absolute atomic E-state index is 0.00972. The SMILES string of the molecule is O=C(CC(=O)C(F)(F)F)Nc1ncnc2c1C(c1ccc(Oc3c(F)c(F)cc(F)c3F)cc1F)=NCCC2C1CCCCCCC1. The minimum atomic E-state index is -5.24. The Bertz CT molecular complexity index is 1680. The Morgan fingerprint density at radius 1 is 0.851 bits per heavy atom. The zero-order valence-corrected chi connectivity index (χ0v) is 24.7. The maximum absolute atomic E-state index is 15.8. The minimum Gasteiger partial charge on any atom is -0.451 e. The number of benzene rings is 2. The van der Waals surface area contributed by atoms with Gasteiger partial charge in [-0.1, -0.05) is 32.1 Å². The third-order valence-corrected chi connectivity index (χ3v) is 8.28. The van der Waals surface area contributed by atoms with Crippen LogP contribution in [0.1, 0.15) is 80.5 Å². The maximum atomic E-state index is 15.8. The van der Waals surface area contributed by atoms with E-state index in [1.807, 2.05) is 0 Å². The number of amides is 1. The number of carbonyl (C=O) groups is 2. The summed E-state index contributed by atoms with van der Waals surface area (Å²) in [6.07, 6.45) is 1.69. The lowest BCUT2D eigenvalue weighted by Crippen LogP contribution is -2.29. The van der Waals surface area contributed by atoms with Crippen LogP contribution in [0.25, 0.3) is 0 Å². The molecule has 1 saturated carbocycles. The molecule has 2 aromatic carbocycles. The largest absolute Gasteiger partial charge is 0.451 e. The van der Waals surface area contributed by atoms with Crippen molar-refractivity contribution in [3.63, 3.8) is 0 Å². The predicted molar refractivity (Wildman–Crippen MR) is 153 cm³/mol. The molecule has 5 rings (SSSR count). The van der Waals surface area contributed by atoms with Gasteiger partial charge < -0.3 is 10.1 Å².